The molecule has 2 rings (SSSR count). The zero-order valence-electron chi connectivity index (χ0n) is 7.40. The summed E-state index contributed by atoms with van der Waals surface area (Å²) in [5.41, 5.74) is 1.35. The van der Waals surface area contributed by atoms with Crippen molar-refractivity contribution in [2.24, 2.45) is 0 Å². The molecule has 2 aromatic rings. The van der Waals surface area contributed by atoms with Gasteiger partial charge in [0.1, 0.15) is 0 Å². The number of rotatable bonds is 1. The molecule has 0 unspecified atom stereocenters. The molecular formula is C10H7Cl2NO. The van der Waals surface area contributed by atoms with E-state index in [1.807, 2.05) is 0 Å². The number of carbonyl (C=O) groups is 1. The largest absolute Gasteiger partial charge is 0.359 e. The van der Waals surface area contributed by atoms with Crippen molar-refractivity contribution in [2.45, 2.75) is 6.92 Å². The average molecular weight is 228 g/mol. The number of halogens is 2. The van der Waals surface area contributed by atoms with Gasteiger partial charge in [-0.25, -0.2) is 0 Å². The molecule has 0 aliphatic rings. The fourth-order valence-electron chi connectivity index (χ4n) is 1.43. The summed E-state index contributed by atoms with van der Waals surface area (Å²) in [6.07, 6.45) is 1.65. The number of aromatic nitrogens is 1. The Kier molecular flexibility index (Phi) is 2.25. The lowest BCUT2D eigenvalue weighted by molar-refractivity contribution is 0.101. The van der Waals surface area contributed by atoms with Crippen molar-refractivity contribution < 1.29 is 4.79 Å². The van der Waals surface area contributed by atoms with E-state index in [-0.39, 0.29) is 5.78 Å². The van der Waals surface area contributed by atoms with Gasteiger partial charge in [-0.3, -0.25) is 4.79 Å². The summed E-state index contributed by atoms with van der Waals surface area (Å²) >= 11 is 11.8. The first-order chi connectivity index (χ1) is 6.61. The number of nitrogens with one attached hydrogen (secondary N) is 1. The highest BCUT2D eigenvalue weighted by molar-refractivity contribution is 6.45. The standard InChI is InChI=1S/C10H7Cl2NO/c1-5(14)7-4-13-10-6(7)2-3-8(11)9(10)12/h2-4,13H,1H3. The van der Waals surface area contributed by atoms with E-state index in [2.05, 4.69) is 4.98 Å². The van der Waals surface area contributed by atoms with Crippen LogP contribution in [0.15, 0.2) is 18.3 Å². The Bertz CT molecular complexity index is 516. The Morgan fingerprint density at radius 1 is 1.36 bits per heavy atom. The minimum Gasteiger partial charge on any atom is -0.359 e. The van der Waals surface area contributed by atoms with E-state index in [9.17, 15) is 4.79 Å². The summed E-state index contributed by atoms with van der Waals surface area (Å²) in [7, 11) is 0. The highest BCUT2D eigenvalue weighted by Crippen LogP contribution is 2.31. The topological polar surface area (TPSA) is 32.9 Å². The quantitative estimate of drug-likeness (QED) is 0.742. The third-order valence-corrected chi connectivity index (χ3v) is 2.93. The Morgan fingerprint density at radius 2 is 2.07 bits per heavy atom. The van der Waals surface area contributed by atoms with Crippen LogP contribution >= 0.6 is 23.2 Å². The third-order valence-electron chi connectivity index (χ3n) is 2.13. The molecule has 0 amide bonds. The van der Waals surface area contributed by atoms with Crippen molar-refractivity contribution in [3.8, 4) is 0 Å². The number of ketones is 1. The van der Waals surface area contributed by atoms with Gasteiger partial charge >= 0.3 is 0 Å². The van der Waals surface area contributed by atoms with Crippen LogP contribution in [0.4, 0.5) is 0 Å². The Hall–Kier alpha value is -0.990. The zero-order chi connectivity index (χ0) is 10.3. The molecule has 1 aromatic carbocycles. The van der Waals surface area contributed by atoms with E-state index in [4.69, 9.17) is 23.2 Å². The van der Waals surface area contributed by atoms with Crippen molar-refractivity contribution in [2.75, 3.05) is 0 Å². The summed E-state index contributed by atoms with van der Waals surface area (Å²) < 4.78 is 0. The summed E-state index contributed by atoms with van der Waals surface area (Å²) in [4.78, 5) is 14.2. The smallest absolute Gasteiger partial charge is 0.161 e. The predicted molar refractivity (Wildman–Crippen MR) is 58.3 cm³/mol. The normalized spacial score (nSPS) is 10.8. The predicted octanol–water partition coefficient (Wildman–Crippen LogP) is 3.68. The molecule has 0 saturated carbocycles. The average Bonchev–Trinajstić information content (AvgIpc) is 2.55. The lowest BCUT2D eigenvalue weighted by Gasteiger charge is -1.97. The number of Topliss-reactive ketones (excluding diaryl/α,β-unsaturated/α-hetero) is 1. The second kappa shape index (κ2) is 3.30. The number of H-pyrrole nitrogens is 1. The van der Waals surface area contributed by atoms with Crippen molar-refractivity contribution in [3.63, 3.8) is 0 Å². The molecule has 2 nitrogen and oxygen atoms in total. The monoisotopic (exact) mass is 227 g/mol. The molecule has 72 valence electrons. The molecule has 4 heteroatoms. The molecule has 0 aliphatic carbocycles. The van der Waals surface area contributed by atoms with E-state index in [1.165, 1.54) is 6.92 Å². The van der Waals surface area contributed by atoms with Gasteiger partial charge in [-0.1, -0.05) is 29.3 Å². The lowest BCUT2D eigenvalue weighted by Crippen LogP contribution is -1.88. The Morgan fingerprint density at radius 3 is 2.71 bits per heavy atom. The first-order valence-electron chi connectivity index (χ1n) is 4.07. The van der Waals surface area contributed by atoms with E-state index in [1.54, 1.807) is 18.3 Å². The first-order valence-corrected chi connectivity index (χ1v) is 4.83. The molecule has 0 fully saturated rings. The van der Waals surface area contributed by atoms with Crippen molar-refractivity contribution >= 4 is 39.9 Å². The van der Waals surface area contributed by atoms with Gasteiger partial charge in [0.15, 0.2) is 5.78 Å². The second-order valence-electron chi connectivity index (χ2n) is 3.04. The lowest BCUT2D eigenvalue weighted by atomic mass is 10.1. The third kappa shape index (κ3) is 1.31. The summed E-state index contributed by atoms with van der Waals surface area (Å²) in [6, 6.07) is 3.48. The molecule has 0 saturated heterocycles. The van der Waals surface area contributed by atoms with Crippen LogP contribution in [0.5, 0.6) is 0 Å². The van der Waals surface area contributed by atoms with Gasteiger partial charge in [-0.2, -0.15) is 0 Å². The molecule has 0 atom stereocenters. The van der Waals surface area contributed by atoms with Crippen LogP contribution in [-0.4, -0.2) is 10.8 Å². The number of fused-ring (bicyclic) bond motifs is 1. The minimum absolute atomic E-state index is 0.00893. The van der Waals surface area contributed by atoms with Gasteiger partial charge in [0.2, 0.25) is 0 Å². The maximum absolute atomic E-state index is 11.2. The van der Waals surface area contributed by atoms with Crippen molar-refractivity contribution in [1.82, 2.24) is 4.98 Å². The summed E-state index contributed by atoms with van der Waals surface area (Å²) in [5.74, 6) is 0.00893. The van der Waals surface area contributed by atoms with Gasteiger partial charge in [-0.15, -0.1) is 0 Å². The van der Waals surface area contributed by atoms with Crippen molar-refractivity contribution in [1.29, 1.82) is 0 Å². The van der Waals surface area contributed by atoms with Crippen molar-refractivity contribution in [3.05, 3.63) is 33.9 Å². The van der Waals surface area contributed by atoms with Crippen LogP contribution in [0.1, 0.15) is 17.3 Å². The maximum atomic E-state index is 11.2. The van der Waals surface area contributed by atoms with E-state index >= 15 is 0 Å². The number of benzene rings is 1. The van der Waals surface area contributed by atoms with Crippen LogP contribution in [0, 0.1) is 0 Å². The number of hydrogen-bond donors (Lipinski definition) is 1. The summed E-state index contributed by atoms with van der Waals surface area (Å²) in [5, 5.41) is 1.75. The first kappa shape index (κ1) is 9.56. The van der Waals surface area contributed by atoms with Crippen LogP contribution in [0.3, 0.4) is 0 Å². The molecule has 0 aliphatic heterocycles. The second-order valence-corrected chi connectivity index (χ2v) is 3.83. The van der Waals surface area contributed by atoms with Crippen LogP contribution < -0.4 is 0 Å². The number of hydrogen-bond acceptors (Lipinski definition) is 1. The maximum Gasteiger partial charge on any atom is 0.161 e. The molecule has 14 heavy (non-hydrogen) atoms. The highest BCUT2D eigenvalue weighted by atomic mass is 35.5. The van der Waals surface area contributed by atoms with Gasteiger partial charge in [0.25, 0.3) is 0 Å². The molecule has 1 aromatic heterocycles. The molecule has 1 heterocycles. The Labute approximate surface area is 90.8 Å². The van der Waals surface area contributed by atoms with Crippen LogP contribution in [0.2, 0.25) is 10.0 Å². The number of aromatic amines is 1. The van der Waals surface area contributed by atoms with Crippen LogP contribution in [0.25, 0.3) is 10.9 Å². The summed E-state index contributed by atoms with van der Waals surface area (Å²) in [6.45, 7) is 1.52. The molecule has 1 N–H and O–H groups in total. The van der Waals surface area contributed by atoms with Gasteiger partial charge < -0.3 is 4.98 Å². The van der Waals surface area contributed by atoms with Crippen LogP contribution in [-0.2, 0) is 0 Å². The zero-order valence-corrected chi connectivity index (χ0v) is 8.91. The van der Waals surface area contributed by atoms with E-state index < -0.39 is 0 Å². The molecule has 0 radical (unpaired) electrons. The van der Waals surface area contributed by atoms with Gasteiger partial charge in [0, 0.05) is 17.1 Å². The molecule has 0 spiro atoms. The number of carbonyl (C=O) groups excluding carboxylic acids is 1. The Balaban J connectivity index is 2.83. The molecule has 0 bridgehead atoms. The fraction of sp³-hybridized carbons (Fsp3) is 0.100. The highest BCUT2D eigenvalue weighted by Gasteiger charge is 2.11. The fourth-order valence-corrected chi connectivity index (χ4v) is 1.81. The minimum atomic E-state index is 0.00893. The SMILES string of the molecule is CC(=O)c1c[nH]c2c(Cl)c(Cl)ccc12. The van der Waals surface area contributed by atoms with E-state index in [0.717, 1.165) is 5.39 Å². The van der Waals surface area contributed by atoms with Gasteiger partial charge in [-0.05, 0) is 13.0 Å². The van der Waals surface area contributed by atoms with E-state index in [0.29, 0.717) is 21.1 Å². The van der Waals surface area contributed by atoms with Gasteiger partial charge in [0.05, 0.1) is 15.6 Å². The molecular weight excluding hydrogens is 221 g/mol.